The summed E-state index contributed by atoms with van der Waals surface area (Å²) in [5.41, 5.74) is -11.5. The van der Waals surface area contributed by atoms with Crippen LogP contribution in [0.2, 0.25) is 39.3 Å². The Balaban J connectivity index is 0.000000177. The molecule has 0 radical (unpaired) electrons. The molecule has 802 valence electrons. The number of benzene rings is 2. The fraction of sp³-hybridized carbons (Fsp3) is 0.661. The molecule has 13 aliphatic rings. The van der Waals surface area contributed by atoms with E-state index in [-0.39, 0.29) is 93.5 Å². The number of alkyl halides is 1. The number of carbonyl (C=O) groups is 11. The summed E-state index contributed by atoms with van der Waals surface area (Å²) in [6.07, 6.45) is -3.48. The maximum absolute atomic E-state index is 13.5. The van der Waals surface area contributed by atoms with E-state index in [9.17, 15) is 93.6 Å². The number of aliphatic hydroxyl groups is 8. The third-order valence-corrected chi connectivity index (χ3v) is 35.0. The second-order valence-corrected chi connectivity index (χ2v) is 54.6. The number of allylic oxidation sites excluding steroid dienone is 6. The second kappa shape index (κ2) is 42.6. The third-order valence-electron chi connectivity index (χ3n) is 32.6. The van der Waals surface area contributed by atoms with Gasteiger partial charge in [0.15, 0.2) is 91.6 Å². The Morgan fingerprint density at radius 2 is 0.855 bits per heavy atom. The summed E-state index contributed by atoms with van der Waals surface area (Å²) < 4.78 is 82.7. The molecule has 15 rings (SSSR count). The first-order chi connectivity index (χ1) is 66.9. The van der Waals surface area contributed by atoms with E-state index in [4.69, 9.17) is 77.3 Å². The lowest BCUT2D eigenvalue weighted by atomic mass is 9.75. The molecule has 0 spiro atoms. The van der Waals surface area contributed by atoms with Gasteiger partial charge in [-0.15, -0.1) is 11.6 Å². The van der Waals surface area contributed by atoms with Crippen LogP contribution >= 0.6 is 11.6 Å². The zero-order valence-corrected chi connectivity index (χ0v) is 92.0. The van der Waals surface area contributed by atoms with Crippen LogP contribution in [0.25, 0.3) is 0 Å². The summed E-state index contributed by atoms with van der Waals surface area (Å²) in [6, 6.07) is 19.4. The molecule has 2 aromatic carbocycles. The van der Waals surface area contributed by atoms with Crippen molar-refractivity contribution >= 4 is 93.7 Å². The number of ketones is 1. The lowest BCUT2D eigenvalue weighted by Crippen LogP contribution is -2.67. The average Bonchev–Trinajstić information content (AvgIpc) is 1.53. The summed E-state index contributed by atoms with van der Waals surface area (Å²) in [5, 5.41) is 93.1. The number of Topliss-reactive ketones (excluding diaryl/α,β-unsaturated/α-hetero) is 1. The molecule has 33 nitrogen and oxygen atoms in total. The Bertz CT molecular complexity index is 5550. The fourth-order valence-electron chi connectivity index (χ4n) is 24.4. The molecule has 2 aromatic rings. The third kappa shape index (κ3) is 21.7. The Labute approximate surface area is 857 Å². The summed E-state index contributed by atoms with van der Waals surface area (Å²) in [4.78, 5) is 136. The number of halogens is 1. The smallest absolute Gasteiger partial charge is 0.341 e. The van der Waals surface area contributed by atoms with Gasteiger partial charge in [0.05, 0.1) is 37.1 Å². The first kappa shape index (κ1) is 117. The lowest BCUT2D eigenvalue weighted by molar-refractivity contribution is -0.210. The van der Waals surface area contributed by atoms with Crippen molar-refractivity contribution in [2.24, 2.45) is 41.4 Å². The molecule has 0 unspecified atom stereocenters. The standard InChI is InChI=1S/C28H40O7Si.C26H38O6Si.C24H32O10.C21H30O9.C10H13ClO/c1-17-14-21-23(18(17)2)24-28(31,27(5,25(30)33-24)35-36(6,7)8)22(15-26(21,4)34-19(3)29)32-16-20-12-10-9-11-13-20;1-16-13-19-21(17(16)2)22-26(29,25(4,23(27)31-22)32-33(5,6)7)20(14-24(19,3)28)30-15-18-11-9-8-10-12-18;1-8-11(2)20(27)32-16-9-15-18(12(16)3)19-24(30,23(7,29)21(28)33-19)17(31-13(4)25)10-22(15,6)34-14(5)26;1-6-7-15(24)28-14-9-19(4,30-11(3)22)12-8-13(23)10(2)16(12)17-21(14,27)20(5,26)18(25)29-17;1-7-3-4-9(5-10(7)12)8(2)6-11/h9-13,17,21-22,24,31H,14-16H2,1-8H3;8-12,16,19-20,22,28-29H,13-15H2,1-7H3;8,15-17,19,29-30H,9-10H2,1-7H3;12-14,17,23,26-27H,6-9H2,1-5H3;3,9H,2,4-6H2,1H3/b;;11-8-;;/t17-,21+,22-,24+,26+,27-,28-;16-,19+,20-,22+,24+,25-,26-;15-,16+,17-,19-,22-,23+,24+;12-,13+,14-,17-,19-,20+,21+;9-/m11001/s1. The average molecular weight is 2080 g/mol. The van der Waals surface area contributed by atoms with Gasteiger partial charge in [-0.25, -0.2) is 24.0 Å². The molecule has 0 amide bonds. The van der Waals surface area contributed by atoms with Gasteiger partial charge in [-0.1, -0.05) is 117 Å². The van der Waals surface area contributed by atoms with Crippen molar-refractivity contribution in [2.45, 2.75) is 410 Å². The highest BCUT2D eigenvalue weighted by molar-refractivity contribution is 6.70. The summed E-state index contributed by atoms with van der Waals surface area (Å²) >= 11 is 5.64. The van der Waals surface area contributed by atoms with Gasteiger partial charge in [-0.2, -0.15) is 0 Å². The second-order valence-electron chi connectivity index (χ2n) is 45.5. The van der Waals surface area contributed by atoms with Crippen LogP contribution in [-0.2, 0) is 132 Å². The van der Waals surface area contributed by atoms with Crippen LogP contribution in [0.5, 0.6) is 0 Å². The molecule has 0 aromatic heterocycles. The van der Waals surface area contributed by atoms with E-state index in [0.717, 1.165) is 84.6 Å². The van der Waals surface area contributed by atoms with Gasteiger partial charge in [0.1, 0.15) is 35.1 Å². The predicted octanol–water partition coefficient (Wildman–Crippen LogP) is 13.0. The van der Waals surface area contributed by atoms with Crippen LogP contribution in [0.3, 0.4) is 0 Å². The minimum Gasteiger partial charge on any atom is -0.459 e. The zero-order valence-electron chi connectivity index (χ0n) is 89.2. The van der Waals surface area contributed by atoms with Crippen LogP contribution in [0.1, 0.15) is 240 Å². The summed E-state index contributed by atoms with van der Waals surface area (Å²) in [7, 11) is -4.62. The zero-order chi connectivity index (χ0) is 109. The highest BCUT2D eigenvalue weighted by atomic mass is 35.5. The van der Waals surface area contributed by atoms with Gasteiger partial charge in [-0.05, 0) is 250 Å². The van der Waals surface area contributed by atoms with E-state index >= 15 is 0 Å². The molecule has 8 N–H and O–H groups in total. The Kier molecular flexibility index (Phi) is 34.2. The van der Waals surface area contributed by atoms with E-state index in [2.05, 4.69) is 20.4 Å². The van der Waals surface area contributed by atoms with Crippen molar-refractivity contribution in [3.05, 3.63) is 152 Å². The first-order valence-corrected chi connectivity index (χ1v) is 57.6. The molecule has 145 heavy (non-hydrogen) atoms. The van der Waals surface area contributed by atoms with Crippen molar-refractivity contribution in [3.63, 3.8) is 0 Å². The van der Waals surface area contributed by atoms with E-state index in [1.165, 1.54) is 20.8 Å². The number of carbonyl (C=O) groups excluding carboxylic acids is 11. The molecule has 4 heterocycles. The molecule has 8 fully saturated rings. The van der Waals surface area contributed by atoms with Crippen molar-refractivity contribution in [1.82, 2.24) is 0 Å². The van der Waals surface area contributed by atoms with E-state index in [1.807, 2.05) is 141 Å². The molecular weight excluding hydrogens is 1930 g/mol. The normalized spacial score (nSPS) is 38.9. The van der Waals surface area contributed by atoms with Crippen molar-refractivity contribution in [2.75, 3.05) is 5.88 Å². The monoisotopic (exact) mass is 2080 g/mol. The van der Waals surface area contributed by atoms with Gasteiger partial charge in [0.2, 0.25) is 0 Å². The lowest BCUT2D eigenvalue weighted by Gasteiger charge is -2.45. The fourth-order valence-corrected chi connectivity index (χ4v) is 27.5. The highest BCUT2D eigenvalue weighted by Gasteiger charge is 2.80. The van der Waals surface area contributed by atoms with Gasteiger partial charge < -0.3 is 107 Å². The summed E-state index contributed by atoms with van der Waals surface area (Å²) in [5.74, 6) is -7.13. The van der Waals surface area contributed by atoms with Gasteiger partial charge in [0.25, 0.3) is 0 Å². The summed E-state index contributed by atoms with van der Waals surface area (Å²) in [6.45, 7) is 52.1. The van der Waals surface area contributed by atoms with Crippen molar-refractivity contribution in [3.8, 4) is 0 Å². The number of hydrogen-bond donors (Lipinski definition) is 8. The molecular formula is C109H153ClO33Si2. The van der Waals surface area contributed by atoms with Crippen LogP contribution in [0, 0.1) is 41.4 Å². The molecule has 4 aliphatic heterocycles. The van der Waals surface area contributed by atoms with Crippen LogP contribution in [0.15, 0.2) is 141 Å². The van der Waals surface area contributed by atoms with Crippen LogP contribution in [0.4, 0.5) is 0 Å². The highest BCUT2D eigenvalue weighted by Crippen LogP contribution is 2.64. The van der Waals surface area contributed by atoms with E-state index < -0.39 is 216 Å². The number of ether oxygens (including phenoxy) is 12. The SMILES string of the molecule is C/C=C(/C)C(=O)O[C@@H]1C[C@H]2C(=C1C)[C@@H]1OC(=O)[C@@](C)(O)[C@@]1(O)[C@@H](OC(C)=O)C[C@]2(C)OC(C)=O.C=C(CCl)[C@@H]1CC=C(C)C(=O)C1.CC(=O)O[C@@]1(C)C[C@@H](OCc2ccccc2)[C@@]2(O)[C@@H](OC(=O)[C@@]2(C)O[Si](C)(C)C)C2=C(C)[C@H](C)C[C@@H]21.CC1=C2[C@@H]3OC(=O)[C@@](C)(O[Si](C)(C)C)[C@@]3(O)[C@H](OCc3ccccc3)C[C@](C)(O)[C@H]2C[C@H]1C.CCCC(=O)O[C@H]1C[C@](C)(OC(C)=O)[C@H]2C[C@@H](O)C(C)=C2[C@@H]2OC(=O)[C@@](C)(O)[C@@]12O. The maximum atomic E-state index is 13.5. The van der Waals surface area contributed by atoms with Crippen molar-refractivity contribution < 1.29 is 159 Å². The molecule has 9 aliphatic carbocycles. The largest absolute Gasteiger partial charge is 0.459 e. The minimum atomic E-state index is -2.44. The van der Waals surface area contributed by atoms with E-state index in [1.54, 1.807) is 68.4 Å². The molecule has 29 atom stereocenters. The maximum Gasteiger partial charge on any atom is 0.341 e. The molecule has 4 saturated heterocycles. The van der Waals surface area contributed by atoms with Gasteiger partial charge >= 0.3 is 59.7 Å². The Hall–Kier alpha value is -8.77. The molecule has 36 heteroatoms. The molecule has 4 saturated carbocycles. The Morgan fingerprint density at radius 1 is 0.483 bits per heavy atom. The van der Waals surface area contributed by atoms with E-state index in [0.29, 0.717) is 46.6 Å². The predicted molar refractivity (Wildman–Crippen MR) is 534 cm³/mol. The first-order valence-electron chi connectivity index (χ1n) is 50.2. The minimum absolute atomic E-state index is 0.0718. The quantitative estimate of drug-likeness (QED) is 0.0144. The van der Waals surface area contributed by atoms with Crippen LogP contribution < -0.4 is 0 Å². The number of fused-ring (bicyclic) bond motifs is 12. The topological polar surface area (TPSA) is 479 Å². The number of hydrogen-bond acceptors (Lipinski definition) is 33. The number of rotatable bonds is 21. The Morgan fingerprint density at radius 3 is 1.26 bits per heavy atom. The van der Waals surface area contributed by atoms with Gasteiger partial charge in [0, 0.05) is 101 Å². The van der Waals surface area contributed by atoms with Crippen molar-refractivity contribution in [1.29, 1.82) is 0 Å². The number of aliphatic hydroxyl groups excluding tert-OH is 1. The van der Waals surface area contributed by atoms with Crippen LogP contribution in [-0.4, -0.2) is 257 Å². The molecule has 0 bridgehead atoms. The number of esters is 10. The van der Waals surface area contributed by atoms with Gasteiger partial charge in [-0.3, -0.25) is 28.8 Å².